The van der Waals surface area contributed by atoms with E-state index in [0.29, 0.717) is 0 Å². The van der Waals surface area contributed by atoms with E-state index in [1.165, 1.54) is 18.2 Å². The minimum atomic E-state index is -1.10. The number of benzene rings is 1. The van der Waals surface area contributed by atoms with Gasteiger partial charge in [0.25, 0.3) is 0 Å². The van der Waals surface area contributed by atoms with Crippen molar-refractivity contribution in [1.29, 1.82) is 0 Å². The molecule has 6 heteroatoms. The number of nitrogens with zero attached hydrogens (tertiary/aromatic N) is 1. The molecule has 0 aliphatic rings. The van der Waals surface area contributed by atoms with E-state index in [4.69, 9.17) is 5.11 Å². The van der Waals surface area contributed by atoms with Crippen LogP contribution in [-0.2, 0) is 0 Å². The number of pyridine rings is 1. The van der Waals surface area contributed by atoms with Crippen LogP contribution in [0.25, 0.3) is 0 Å². The standard InChI is InChI=1S/C12H8F2N2O2/c13-8-2-3-10(9(14)5-8)16-11-4-1-7(6-15-11)12(17)18/h1-6H,(H,15,16)(H,17,18). The molecule has 0 bridgehead atoms. The number of nitrogens with one attached hydrogen (secondary N) is 1. The van der Waals surface area contributed by atoms with Gasteiger partial charge in [0.2, 0.25) is 0 Å². The first kappa shape index (κ1) is 12.0. The summed E-state index contributed by atoms with van der Waals surface area (Å²) in [4.78, 5) is 14.4. The number of hydrogen-bond donors (Lipinski definition) is 2. The molecule has 92 valence electrons. The molecule has 2 N–H and O–H groups in total. The van der Waals surface area contributed by atoms with Gasteiger partial charge >= 0.3 is 5.97 Å². The number of aromatic carboxylic acids is 1. The average molecular weight is 250 g/mol. The van der Waals surface area contributed by atoms with Gasteiger partial charge < -0.3 is 10.4 Å². The lowest BCUT2D eigenvalue weighted by atomic mass is 10.2. The van der Waals surface area contributed by atoms with Crippen molar-refractivity contribution in [2.75, 3.05) is 5.32 Å². The lowest BCUT2D eigenvalue weighted by Crippen LogP contribution is -2.00. The maximum atomic E-state index is 13.3. The topological polar surface area (TPSA) is 62.2 Å². The molecule has 1 heterocycles. The van der Waals surface area contributed by atoms with Crippen molar-refractivity contribution >= 4 is 17.5 Å². The molecule has 0 spiro atoms. The van der Waals surface area contributed by atoms with Gasteiger partial charge in [-0.3, -0.25) is 0 Å². The summed E-state index contributed by atoms with van der Waals surface area (Å²) in [5.74, 6) is -2.25. The number of carbonyl (C=O) groups is 1. The molecule has 4 nitrogen and oxygen atoms in total. The summed E-state index contributed by atoms with van der Waals surface area (Å²) < 4.78 is 26.0. The second-order valence-corrected chi connectivity index (χ2v) is 3.49. The number of carboxylic acids is 1. The van der Waals surface area contributed by atoms with Gasteiger partial charge in [0.15, 0.2) is 0 Å². The second-order valence-electron chi connectivity index (χ2n) is 3.49. The predicted octanol–water partition coefficient (Wildman–Crippen LogP) is 2.80. The van der Waals surface area contributed by atoms with Gasteiger partial charge in [-0.05, 0) is 24.3 Å². The zero-order valence-corrected chi connectivity index (χ0v) is 9.02. The summed E-state index contributed by atoms with van der Waals surface area (Å²) >= 11 is 0. The monoisotopic (exact) mass is 250 g/mol. The Kier molecular flexibility index (Phi) is 3.18. The van der Waals surface area contributed by atoms with Crippen LogP contribution < -0.4 is 5.32 Å². The summed E-state index contributed by atoms with van der Waals surface area (Å²) in [6, 6.07) is 5.81. The van der Waals surface area contributed by atoms with Crippen molar-refractivity contribution in [3.8, 4) is 0 Å². The van der Waals surface area contributed by atoms with Gasteiger partial charge in [-0.15, -0.1) is 0 Å². The molecular formula is C12H8F2N2O2. The van der Waals surface area contributed by atoms with Crippen LogP contribution in [0.15, 0.2) is 36.5 Å². The van der Waals surface area contributed by atoms with Crippen LogP contribution in [-0.4, -0.2) is 16.1 Å². The SMILES string of the molecule is O=C(O)c1ccc(Nc2ccc(F)cc2F)nc1. The van der Waals surface area contributed by atoms with Gasteiger partial charge in [0.05, 0.1) is 11.3 Å². The Bertz CT molecular complexity index is 585. The highest BCUT2D eigenvalue weighted by atomic mass is 19.1. The summed E-state index contributed by atoms with van der Waals surface area (Å²) in [6.07, 6.45) is 1.14. The smallest absolute Gasteiger partial charge is 0.337 e. The quantitative estimate of drug-likeness (QED) is 0.879. The minimum absolute atomic E-state index is 0.0279. The van der Waals surface area contributed by atoms with Crippen molar-refractivity contribution in [1.82, 2.24) is 4.98 Å². The Morgan fingerprint density at radius 1 is 1.22 bits per heavy atom. The van der Waals surface area contributed by atoms with Gasteiger partial charge in [-0.25, -0.2) is 18.6 Å². The highest BCUT2D eigenvalue weighted by Gasteiger charge is 2.06. The molecule has 2 rings (SSSR count). The van der Waals surface area contributed by atoms with Crippen molar-refractivity contribution < 1.29 is 18.7 Å². The Hall–Kier alpha value is -2.50. The number of rotatable bonds is 3. The first-order valence-electron chi connectivity index (χ1n) is 4.97. The molecule has 1 aromatic carbocycles. The lowest BCUT2D eigenvalue weighted by molar-refractivity contribution is 0.0696. The molecule has 0 saturated carbocycles. The van der Waals surface area contributed by atoms with Crippen LogP contribution in [0.4, 0.5) is 20.3 Å². The van der Waals surface area contributed by atoms with Crippen LogP contribution in [0.3, 0.4) is 0 Å². The van der Waals surface area contributed by atoms with Crippen molar-refractivity contribution in [3.63, 3.8) is 0 Å². The fraction of sp³-hybridized carbons (Fsp3) is 0. The number of carboxylic acid groups (broad SMARTS) is 1. The third-order valence-electron chi connectivity index (χ3n) is 2.20. The van der Waals surface area contributed by atoms with Crippen LogP contribution in [0.2, 0.25) is 0 Å². The summed E-state index contributed by atoms with van der Waals surface area (Å²) in [6.45, 7) is 0. The molecular weight excluding hydrogens is 242 g/mol. The van der Waals surface area contributed by atoms with E-state index in [2.05, 4.69) is 10.3 Å². The van der Waals surface area contributed by atoms with Gasteiger partial charge in [0, 0.05) is 12.3 Å². The number of anilines is 2. The molecule has 0 unspecified atom stereocenters. The zero-order valence-electron chi connectivity index (χ0n) is 9.02. The van der Waals surface area contributed by atoms with E-state index in [1.807, 2.05) is 0 Å². The van der Waals surface area contributed by atoms with Gasteiger partial charge in [-0.1, -0.05) is 0 Å². The Morgan fingerprint density at radius 2 is 2.00 bits per heavy atom. The summed E-state index contributed by atoms with van der Waals surface area (Å²) in [7, 11) is 0. The molecule has 0 saturated heterocycles. The Balaban J connectivity index is 2.21. The van der Waals surface area contributed by atoms with Crippen LogP contribution in [0.5, 0.6) is 0 Å². The Labute approximate surface area is 101 Å². The average Bonchev–Trinajstić information content (AvgIpc) is 2.33. The molecule has 0 aliphatic heterocycles. The normalized spacial score (nSPS) is 10.1. The largest absolute Gasteiger partial charge is 0.478 e. The number of aromatic nitrogens is 1. The maximum Gasteiger partial charge on any atom is 0.337 e. The van der Waals surface area contributed by atoms with Crippen LogP contribution in [0.1, 0.15) is 10.4 Å². The molecule has 18 heavy (non-hydrogen) atoms. The molecule has 2 aromatic rings. The van der Waals surface area contributed by atoms with Gasteiger partial charge in [-0.2, -0.15) is 0 Å². The van der Waals surface area contributed by atoms with Crippen LogP contribution in [0, 0.1) is 11.6 Å². The first-order valence-corrected chi connectivity index (χ1v) is 4.97. The van der Waals surface area contributed by atoms with Crippen molar-refractivity contribution in [2.45, 2.75) is 0 Å². The minimum Gasteiger partial charge on any atom is -0.478 e. The molecule has 0 aliphatic carbocycles. The third-order valence-corrected chi connectivity index (χ3v) is 2.20. The zero-order chi connectivity index (χ0) is 13.1. The summed E-state index contributed by atoms with van der Waals surface area (Å²) in [5, 5.41) is 11.3. The second kappa shape index (κ2) is 4.79. The molecule has 0 radical (unpaired) electrons. The number of hydrogen-bond acceptors (Lipinski definition) is 3. The van der Waals surface area contributed by atoms with E-state index in [1.54, 1.807) is 0 Å². The molecule has 0 amide bonds. The van der Waals surface area contributed by atoms with E-state index < -0.39 is 17.6 Å². The van der Waals surface area contributed by atoms with Crippen molar-refractivity contribution in [2.24, 2.45) is 0 Å². The van der Waals surface area contributed by atoms with E-state index >= 15 is 0 Å². The Morgan fingerprint density at radius 3 is 2.56 bits per heavy atom. The fourth-order valence-corrected chi connectivity index (χ4v) is 1.32. The predicted molar refractivity (Wildman–Crippen MR) is 60.8 cm³/mol. The van der Waals surface area contributed by atoms with Crippen molar-refractivity contribution in [3.05, 3.63) is 53.7 Å². The van der Waals surface area contributed by atoms with E-state index in [9.17, 15) is 13.6 Å². The highest BCUT2D eigenvalue weighted by Crippen LogP contribution is 2.19. The maximum absolute atomic E-state index is 13.3. The number of halogens is 2. The van der Waals surface area contributed by atoms with E-state index in [0.717, 1.165) is 18.3 Å². The lowest BCUT2D eigenvalue weighted by Gasteiger charge is -2.06. The molecule has 1 aromatic heterocycles. The first-order chi connectivity index (χ1) is 8.56. The summed E-state index contributed by atoms with van der Waals surface area (Å²) in [5.41, 5.74) is 0.0899. The third kappa shape index (κ3) is 2.60. The molecule has 0 fully saturated rings. The fourth-order valence-electron chi connectivity index (χ4n) is 1.32. The van der Waals surface area contributed by atoms with Crippen LogP contribution >= 0.6 is 0 Å². The molecule has 0 atom stereocenters. The van der Waals surface area contributed by atoms with Gasteiger partial charge in [0.1, 0.15) is 17.5 Å². The van der Waals surface area contributed by atoms with E-state index in [-0.39, 0.29) is 17.1 Å². The highest BCUT2D eigenvalue weighted by molar-refractivity contribution is 5.87.